The number of morpholine rings is 1. The zero-order valence-corrected chi connectivity index (χ0v) is 18.1. The van der Waals surface area contributed by atoms with Gasteiger partial charge in [-0.05, 0) is 83.7 Å². The molecule has 0 aromatic heterocycles. The lowest BCUT2D eigenvalue weighted by Crippen LogP contribution is -2.50. The number of piperidine rings is 2. The Labute approximate surface area is 171 Å². The van der Waals surface area contributed by atoms with Crippen LogP contribution in [0.1, 0.15) is 45.4 Å². The van der Waals surface area contributed by atoms with Gasteiger partial charge in [-0.25, -0.2) is 0 Å². The fourth-order valence-corrected chi connectivity index (χ4v) is 6.09. The van der Waals surface area contributed by atoms with E-state index in [1.807, 2.05) is 4.90 Å². The van der Waals surface area contributed by atoms with E-state index in [1.165, 1.54) is 64.8 Å². The van der Waals surface area contributed by atoms with E-state index in [2.05, 4.69) is 28.7 Å². The maximum absolute atomic E-state index is 13.0. The molecule has 0 aromatic carbocycles. The van der Waals surface area contributed by atoms with Crippen LogP contribution in [0.5, 0.6) is 0 Å². The number of hydrogen-bond acceptors (Lipinski definition) is 5. The molecule has 6 heteroatoms. The second-order valence-corrected chi connectivity index (χ2v) is 9.68. The summed E-state index contributed by atoms with van der Waals surface area (Å²) in [6.07, 6.45) is 7.53. The van der Waals surface area contributed by atoms with Gasteiger partial charge in [0, 0.05) is 25.7 Å². The number of amides is 1. The molecule has 0 radical (unpaired) electrons. The normalized spacial score (nSPS) is 30.9. The Hall–Kier alpha value is -0.690. The van der Waals surface area contributed by atoms with E-state index in [4.69, 9.17) is 4.74 Å². The fourth-order valence-electron chi connectivity index (χ4n) is 6.09. The summed E-state index contributed by atoms with van der Waals surface area (Å²) in [7, 11) is 2.16. The molecule has 6 nitrogen and oxygen atoms in total. The molecule has 160 valence electrons. The van der Waals surface area contributed by atoms with Gasteiger partial charge in [-0.1, -0.05) is 6.92 Å². The largest absolute Gasteiger partial charge is 0.378 e. The van der Waals surface area contributed by atoms with Crippen LogP contribution in [-0.2, 0) is 9.53 Å². The van der Waals surface area contributed by atoms with E-state index in [0.29, 0.717) is 24.5 Å². The molecular formula is C22H40N4O2. The van der Waals surface area contributed by atoms with Crippen LogP contribution in [0.15, 0.2) is 0 Å². The van der Waals surface area contributed by atoms with Crippen LogP contribution < -0.4 is 0 Å². The Morgan fingerprint density at radius 2 is 1.71 bits per heavy atom. The Morgan fingerprint density at radius 3 is 2.36 bits per heavy atom. The molecule has 4 aliphatic heterocycles. The lowest BCUT2D eigenvalue weighted by atomic mass is 9.76. The smallest absolute Gasteiger partial charge is 0.240 e. The SMILES string of the molecule is CCCN1CCC(N2CCC3(CC2)CC(C(=O)N2CCOCC2)N(C)C3)CC1. The first-order chi connectivity index (χ1) is 13.6. The van der Waals surface area contributed by atoms with Crippen molar-refractivity contribution in [1.82, 2.24) is 19.6 Å². The van der Waals surface area contributed by atoms with Crippen molar-refractivity contribution in [3.63, 3.8) is 0 Å². The standard InChI is InChI=1S/C22H40N4O2/c1-3-8-24-9-4-19(5-10-24)25-11-6-22(7-12-25)17-20(23(2)18-22)21(27)26-13-15-28-16-14-26/h19-20H,3-18H2,1-2H3. The van der Waals surface area contributed by atoms with Gasteiger partial charge in [0.15, 0.2) is 0 Å². The first-order valence-electron chi connectivity index (χ1n) is 11.6. The van der Waals surface area contributed by atoms with Gasteiger partial charge in [-0.3, -0.25) is 9.69 Å². The summed E-state index contributed by atoms with van der Waals surface area (Å²) in [4.78, 5) is 22.8. The first-order valence-corrected chi connectivity index (χ1v) is 11.6. The van der Waals surface area contributed by atoms with Crippen LogP contribution in [0.4, 0.5) is 0 Å². The predicted molar refractivity (Wildman–Crippen MR) is 111 cm³/mol. The minimum atomic E-state index is 0.0851. The third-order valence-electron chi connectivity index (χ3n) is 7.82. The maximum Gasteiger partial charge on any atom is 0.240 e. The highest BCUT2D eigenvalue weighted by molar-refractivity contribution is 5.82. The van der Waals surface area contributed by atoms with Gasteiger partial charge in [0.1, 0.15) is 0 Å². The molecule has 0 aliphatic carbocycles. The van der Waals surface area contributed by atoms with Crippen LogP contribution in [0.3, 0.4) is 0 Å². The van der Waals surface area contributed by atoms with E-state index in [9.17, 15) is 4.79 Å². The van der Waals surface area contributed by atoms with E-state index in [0.717, 1.165) is 32.1 Å². The van der Waals surface area contributed by atoms with Gasteiger partial charge in [0.25, 0.3) is 0 Å². The van der Waals surface area contributed by atoms with Crippen LogP contribution in [0.25, 0.3) is 0 Å². The molecule has 28 heavy (non-hydrogen) atoms. The average molecular weight is 393 g/mol. The molecule has 4 saturated heterocycles. The number of carbonyl (C=O) groups is 1. The Balaban J connectivity index is 1.28. The van der Waals surface area contributed by atoms with Crippen molar-refractivity contribution in [2.45, 2.75) is 57.5 Å². The number of nitrogens with zero attached hydrogens (tertiary/aromatic N) is 4. The molecule has 4 fully saturated rings. The second kappa shape index (κ2) is 8.99. The summed E-state index contributed by atoms with van der Waals surface area (Å²) in [5.74, 6) is 0.341. The molecule has 1 unspecified atom stereocenters. The number of rotatable bonds is 4. The van der Waals surface area contributed by atoms with E-state index < -0.39 is 0 Å². The molecule has 0 aromatic rings. The molecule has 1 spiro atoms. The molecule has 4 rings (SSSR count). The lowest BCUT2D eigenvalue weighted by molar-refractivity contribution is -0.139. The highest BCUT2D eigenvalue weighted by Crippen LogP contribution is 2.44. The summed E-state index contributed by atoms with van der Waals surface area (Å²) >= 11 is 0. The van der Waals surface area contributed by atoms with Crippen molar-refractivity contribution in [3.8, 4) is 0 Å². The zero-order chi connectivity index (χ0) is 19.6. The van der Waals surface area contributed by atoms with Crippen molar-refractivity contribution >= 4 is 5.91 Å². The first kappa shape index (κ1) is 20.6. The fraction of sp³-hybridized carbons (Fsp3) is 0.955. The lowest BCUT2D eigenvalue weighted by Gasteiger charge is -2.45. The molecule has 0 saturated carbocycles. The Bertz CT molecular complexity index is 521. The van der Waals surface area contributed by atoms with Gasteiger partial charge in [-0.15, -0.1) is 0 Å². The molecule has 0 bridgehead atoms. The van der Waals surface area contributed by atoms with Crippen molar-refractivity contribution in [1.29, 1.82) is 0 Å². The summed E-state index contributed by atoms with van der Waals surface area (Å²) in [5.41, 5.74) is 0.362. The summed E-state index contributed by atoms with van der Waals surface area (Å²) in [5, 5.41) is 0. The maximum atomic E-state index is 13.0. The van der Waals surface area contributed by atoms with Gasteiger partial charge < -0.3 is 19.4 Å². The summed E-state index contributed by atoms with van der Waals surface area (Å²) < 4.78 is 5.42. The number of ether oxygens (including phenoxy) is 1. The van der Waals surface area contributed by atoms with E-state index in [-0.39, 0.29) is 6.04 Å². The monoisotopic (exact) mass is 392 g/mol. The van der Waals surface area contributed by atoms with E-state index >= 15 is 0 Å². The van der Waals surface area contributed by atoms with Crippen LogP contribution >= 0.6 is 0 Å². The number of likely N-dealkylation sites (N-methyl/N-ethyl adjacent to an activating group) is 1. The van der Waals surface area contributed by atoms with Crippen molar-refractivity contribution < 1.29 is 9.53 Å². The number of hydrogen-bond donors (Lipinski definition) is 0. The van der Waals surface area contributed by atoms with Gasteiger partial charge in [0.2, 0.25) is 5.91 Å². The minimum Gasteiger partial charge on any atom is -0.378 e. The average Bonchev–Trinajstić information content (AvgIpc) is 3.05. The highest BCUT2D eigenvalue weighted by atomic mass is 16.5. The molecule has 1 atom stereocenters. The van der Waals surface area contributed by atoms with E-state index in [1.54, 1.807) is 0 Å². The minimum absolute atomic E-state index is 0.0851. The van der Waals surface area contributed by atoms with Crippen molar-refractivity contribution in [3.05, 3.63) is 0 Å². The second-order valence-electron chi connectivity index (χ2n) is 9.68. The third kappa shape index (κ3) is 4.40. The van der Waals surface area contributed by atoms with Crippen molar-refractivity contribution in [2.24, 2.45) is 5.41 Å². The van der Waals surface area contributed by atoms with Gasteiger partial charge in [0.05, 0.1) is 19.3 Å². The number of likely N-dealkylation sites (tertiary alicyclic amines) is 3. The Kier molecular flexibility index (Phi) is 6.60. The molecule has 0 N–H and O–H groups in total. The number of carbonyl (C=O) groups excluding carboxylic acids is 1. The van der Waals surface area contributed by atoms with Crippen LogP contribution in [0.2, 0.25) is 0 Å². The topological polar surface area (TPSA) is 39.3 Å². The molecule has 4 heterocycles. The molecular weight excluding hydrogens is 352 g/mol. The molecule has 4 aliphatic rings. The third-order valence-corrected chi connectivity index (χ3v) is 7.82. The molecule has 1 amide bonds. The predicted octanol–water partition coefficient (Wildman–Crippen LogP) is 1.51. The zero-order valence-electron chi connectivity index (χ0n) is 18.1. The van der Waals surface area contributed by atoms with Gasteiger partial charge in [-0.2, -0.15) is 0 Å². The Morgan fingerprint density at radius 1 is 1.04 bits per heavy atom. The van der Waals surface area contributed by atoms with Crippen molar-refractivity contribution in [2.75, 3.05) is 72.6 Å². The van der Waals surface area contributed by atoms with Crippen LogP contribution in [0, 0.1) is 5.41 Å². The highest BCUT2D eigenvalue weighted by Gasteiger charge is 2.48. The quantitative estimate of drug-likeness (QED) is 0.725. The van der Waals surface area contributed by atoms with Gasteiger partial charge >= 0.3 is 0 Å². The summed E-state index contributed by atoms with van der Waals surface area (Å²) in [6.45, 7) is 12.6. The summed E-state index contributed by atoms with van der Waals surface area (Å²) in [6, 6.07) is 0.873. The van der Waals surface area contributed by atoms with Crippen LogP contribution in [-0.4, -0.2) is 110 Å².